The third kappa shape index (κ3) is 8.30. The number of nitro groups is 1. The predicted octanol–water partition coefficient (Wildman–Crippen LogP) is 1.94. The zero-order chi connectivity index (χ0) is 27.5. The molecule has 2 atom stereocenters. The fourth-order valence-corrected chi connectivity index (χ4v) is 3.95. The fraction of sp³-hybridized carbons (Fsp3) is 0.440. The van der Waals surface area contributed by atoms with Crippen molar-refractivity contribution in [2.75, 3.05) is 32.0 Å². The van der Waals surface area contributed by atoms with Gasteiger partial charge in [0.1, 0.15) is 5.56 Å². The van der Waals surface area contributed by atoms with E-state index in [-0.39, 0.29) is 43.0 Å². The number of rotatable bonds is 5. The number of phenolic OH excluding ortho intramolecular Hbond substituents is 1. The summed E-state index contributed by atoms with van der Waals surface area (Å²) in [5.74, 6) is -2.67. The molecule has 2 aliphatic rings. The Kier molecular flexibility index (Phi) is 13.0. The average molecular weight is 537 g/mol. The summed E-state index contributed by atoms with van der Waals surface area (Å²) in [7, 11) is 0. The highest BCUT2D eigenvalue weighted by Gasteiger charge is 2.30. The molecule has 13 nitrogen and oxygen atoms in total. The average Bonchev–Trinajstić information content (AvgIpc) is 3.58. The molecule has 0 bridgehead atoms. The van der Waals surface area contributed by atoms with E-state index in [0.29, 0.717) is 19.2 Å². The molecule has 0 aromatic heterocycles. The summed E-state index contributed by atoms with van der Waals surface area (Å²) >= 11 is 0. The first-order valence-electron chi connectivity index (χ1n) is 11.7. The molecule has 2 saturated heterocycles. The van der Waals surface area contributed by atoms with Gasteiger partial charge in [0.25, 0.3) is 5.91 Å². The molecule has 0 spiro atoms. The summed E-state index contributed by atoms with van der Waals surface area (Å²) in [6, 6.07) is 8.28. The largest absolute Gasteiger partial charge is 0.505 e. The first-order chi connectivity index (χ1) is 17.6. The van der Waals surface area contributed by atoms with E-state index in [2.05, 4.69) is 5.32 Å². The number of nitrogens with one attached hydrogen (secondary N) is 1. The lowest BCUT2D eigenvalue weighted by Crippen LogP contribution is -2.37. The summed E-state index contributed by atoms with van der Waals surface area (Å²) in [6.45, 7) is 1.96. The van der Waals surface area contributed by atoms with E-state index in [0.717, 1.165) is 37.9 Å². The monoisotopic (exact) mass is 536 g/mol. The fourth-order valence-electron chi connectivity index (χ4n) is 3.95. The van der Waals surface area contributed by atoms with Gasteiger partial charge in [-0.05, 0) is 50.4 Å². The summed E-state index contributed by atoms with van der Waals surface area (Å²) in [5.41, 5.74) is 4.86. The van der Waals surface area contributed by atoms with Gasteiger partial charge < -0.3 is 41.5 Å². The van der Waals surface area contributed by atoms with Gasteiger partial charge in [-0.25, -0.2) is 4.79 Å². The smallest absolute Gasteiger partial charge is 0.339 e. The van der Waals surface area contributed by atoms with E-state index in [9.17, 15) is 29.9 Å². The van der Waals surface area contributed by atoms with Crippen molar-refractivity contribution >= 4 is 23.3 Å². The normalized spacial score (nSPS) is 17.8. The third-order valence-electron chi connectivity index (χ3n) is 5.97. The summed E-state index contributed by atoms with van der Waals surface area (Å²) in [4.78, 5) is 33.6. The number of carbonyl (C=O) groups excluding carboxylic acids is 1. The molecule has 2 heterocycles. The Hall–Kier alpha value is -3.94. The Morgan fingerprint density at radius 2 is 1.68 bits per heavy atom. The summed E-state index contributed by atoms with van der Waals surface area (Å²) < 4.78 is 0. The number of phenols is 2. The summed E-state index contributed by atoms with van der Waals surface area (Å²) in [5, 5.41) is 58.4. The van der Waals surface area contributed by atoms with E-state index in [1.165, 1.54) is 12.5 Å². The number of aliphatic hydroxyl groups is 2. The Morgan fingerprint density at radius 1 is 1.03 bits per heavy atom. The van der Waals surface area contributed by atoms with Crippen molar-refractivity contribution in [2.24, 2.45) is 0 Å². The highest BCUT2D eigenvalue weighted by atomic mass is 16.6. The van der Waals surface area contributed by atoms with Crippen molar-refractivity contribution in [2.45, 2.75) is 45.2 Å². The number of hydrogen-bond donors (Lipinski definition) is 7. The number of nitrogens with two attached hydrogens (primary N) is 1. The van der Waals surface area contributed by atoms with Crippen LogP contribution in [0.4, 0.5) is 11.4 Å². The molecular weight excluding hydrogens is 500 g/mol. The van der Waals surface area contributed by atoms with Crippen LogP contribution in [0, 0.1) is 10.1 Å². The third-order valence-corrected chi connectivity index (χ3v) is 5.97. The highest BCUT2D eigenvalue weighted by Crippen LogP contribution is 2.29. The number of aromatic carboxylic acids is 1. The highest BCUT2D eigenvalue weighted by molar-refractivity contribution is 5.98. The lowest BCUT2D eigenvalue weighted by atomic mass is 10.1. The Labute approximate surface area is 220 Å². The van der Waals surface area contributed by atoms with Gasteiger partial charge in [-0.2, -0.15) is 0 Å². The number of hydrogen-bond acceptors (Lipinski definition) is 10. The van der Waals surface area contributed by atoms with Crippen LogP contribution in [0.3, 0.4) is 0 Å². The number of carboxylic acid groups (broad SMARTS) is 1. The second kappa shape index (κ2) is 15.3. The number of carbonyl (C=O) groups is 2. The van der Waals surface area contributed by atoms with E-state index in [1.807, 2.05) is 0 Å². The lowest BCUT2D eigenvalue weighted by molar-refractivity contribution is -0.385. The van der Waals surface area contributed by atoms with Crippen molar-refractivity contribution < 1.29 is 40.0 Å². The van der Waals surface area contributed by atoms with Crippen LogP contribution in [0.15, 0.2) is 36.4 Å². The van der Waals surface area contributed by atoms with E-state index >= 15 is 0 Å². The maximum atomic E-state index is 12.2. The molecule has 13 heteroatoms. The molecule has 38 heavy (non-hydrogen) atoms. The maximum Gasteiger partial charge on any atom is 0.339 e. The molecule has 2 aromatic carbocycles. The molecule has 210 valence electrons. The number of nitro benzene ring substituents is 1. The van der Waals surface area contributed by atoms with Crippen molar-refractivity contribution in [3.8, 4) is 11.5 Å². The molecule has 8 N–H and O–H groups in total. The Morgan fingerprint density at radius 3 is 2.21 bits per heavy atom. The van der Waals surface area contributed by atoms with Crippen LogP contribution in [0.2, 0.25) is 0 Å². The number of aromatic hydroxyl groups is 2. The van der Waals surface area contributed by atoms with Crippen molar-refractivity contribution in [3.05, 3.63) is 57.6 Å². The molecule has 1 amide bonds. The van der Waals surface area contributed by atoms with Gasteiger partial charge in [-0.3, -0.25) is 14.9 Å². The zero-order valence-corrected chi connectivity index (χ0v) is 20.1. The van der Waals surface area contributed by atoms with Gasteiger partial charge in [0.05, 0.1) is 35.4 Å². The molecule has 4 rings (SSSR count). The van der Waals surface area contributed by atoms with Crippen LogP contribution < -0.4 is 11.1 Å². The number of aliphatic hydroxyl groups excluding tert-OH is 2. The number of para-hydroxylation sites is 2. The number of carboxylic acids is 1. The minimum Gasteiger partial charge on any atom is -0.505 e. The van der Waals surface area contributed by atoms with E-state index in [1.54, 1.807) is 23.1 Å². The second-order valence-corrected chi connectivity index (χ2v) is 8.43. The van der Waals surface area contributed by atoms with Crippen LogP contribution >= 0.6 is 0 Å². The Bertz CT molecular complexity index is 1060. The SMILES string of the molecule is C.Nc1cccc(C(=O)N2CCC[C@@H]2CO)c1O.O=C(O)c1cccc([N+](=O)[O-])c1O.OC[C@H]1CCCN1. The second-order valence-electron chi connectivity index (χ2n) is 8.43. The number of likely N-dealkylation sites (tertiary alicyclic amines) is 1. The Balaban J connectivity index is 0.000000305. The molecule has 0 saturated carbocycles. The molecule has 0 radical (unpaired) electrons. The number of nitrogens with zero attached hydrogens (tertiary/aromatic N) is 2. The minimum atomic E-state index is -1.40. The molecule has 2 aliphatic heterocycles. The molecule has 2 fully saturated rings. The van der Waals surface area contributed by atoms with Gasteiger partial charge in [0.15, 0.2) is 5.75 Å². The minimum absolute atomic E-state index is 0. The quantitative estimate of drug-likeness (QED) is 0.127. The standard InChI is InChI=1S/C12H16N2O3.C7H5NO5.C5H11NO.CH4/c13-10-5-1-4-9(11(10)16)12(17)14-6-2-3-8(14)7-15;9-6-4(7(10)11)2-1-3-5(6)8(12)13;7-4-5-2-1-3-6-5;/h1,4-5,8,15-16H,2-3,6-7,13H2;1-3,9H,(H,10,11);5-7H,1-4H2;1H4/t8-;;5-;/m1.1./s1. The van der Waals surface area contributed by atoms with Crippen molar-refractivity contribution in [3.63, 3.8) is 0 Å². The number of benzene rings is 2. The number of amides is 1. The zero-order valence-electron chi connectivity index (χ0n) is 20.1. The van der Waals surface area contributed by atoms with Crippen molar-refractivity contribution in [1.29, 1.82) is 0 Å². The maximum absolute atomic E-state index is 12.2. The van der Waals surface area contributed by atoms with Gasteiger partial charge in [-0.1, -0.05) is 19.6 Å². The number of anilines is 1. The lowest BCUT2D eigenvalue weighted by Gasteiger charge is -2.23. The van der Waals surface area contributed by atoms with Crippen LogP contribution in [-0.4, -0.2) is 85.6 Å². The first kappa shape index (κ1) is 32.1. The van der Waals surface area contributed by atoms with Crippen LogP contribution in [-0.2, 0) is 0 Å². The molecule has 0 aliphatic carbocycles. The number of nitrogen functional groups attached to an aromatic ring is 1. The molecule has 2 aromatic rings. The molecular formula is C25H36N4O9. The molecule has 0 unspecified atom stereocenters. The van der Waals surface area contributed by atoms with Crippen LogP contribution in [0.25, 0.3) is 0 Å². The van der Waals surface area contributed by atoms with Gasteiger partial charge in [0, 0.05) is 18.7 Å². The predicted molar refractivity (Wildman–Crippen MR) is 140 cm³/mol. The van der Waals surface area contributed by atoms with Crippen LogP contribution in [0.1, 0.15) is 53.8 Å². The van der Waals surface area contributed by atoms with Gasteiger partial charge in [0.2, 0.25) is 5.75 Å². The van der Waals surface area contributed by atoms with E-state index < -0.39 is 27.9 Å². The van der Waals surface area contributed by atoms with Gasteiger partial charge in [-0.15, -0.1) is 0 Å². The van der Waals surface area contributed by atoms with Gasteiger partial charge >= 0.3 is 11.7 Å². The topological polar surface area (TPSA) is 220 Å². The first-order valence-corrected chi connectivity index (χ1v) is 11.7. The summed E-state index contributed by atoms with van der Waals surface area (Å²) in [6.07, 6.45) is 4.05. The van der Waals surface area contributed by atoms with Crippen LogP contribution in [0.5, 0.6) is 11.5 Å². The van der Waals surface area contributed by atoms with E-state index in [4.69, 9.17) is 21.1 Å². The van der Waals surface area contributed by atoms with Crippen molar-refractivity contribution in [1.82, 2.24) is 10.2 Å².